The van der Waals surface area contributed by atoms with Crippen LogP contribution < -0.4 is 5.73 Å². The largest absolute Gasteiger partial charge is 0.322 e. The maximum absolute atomic E-state index is 13.1. The van der Waals surface area contributed by atoms with E-state index in [-0.39, 0.29) is 6.04 Å². The predicted octanol–water partition coefficient (Wildman–Crippen LogP) is 2.70. The highest BCUT2D eigenvalue weighted by atomic mass is 79.9. The number of benzene rings is 1. The van der Waals surface area contributed by atoms with E-state index in [4.69, 9.17) is 5.73 Å². The van der Waals surface area contributed by atoms with Crippen LogP contribution in [0.5, 0.6) is 0 Å². The molecule has 2 aromatic rings. The third kappa shape index (κ3) is 2.76. The van der Waals surface area contributed by atoms with Gasteiger partial charge in [0.15, 0.2) is 0 Å². The van der Waals surface area contributed by atoms with Crippen LogP contribution in [0.1, 0.15) is 17.3 Å². The van der Waals surface area contributed by atoms with Gasteiger partial charge in [-0.1, -0.05) is 0 Å². The average molecular weight is 316 g/mol. The van der Waals surface area contributed by atoms with Crippen molar-refractivity contribution in [2.45, 2.75) is 12.5 Å². The number of halogens is 3. The van der Waals surface area contributed by atoms with Gasteiger partial charge in [-0.25, -0.2) is 8.78 Å². The summed E-state index contributed by atoms with van der Waals surface area (Å²) in [7, 11) is 1.77. The SMILES string of the molecule is Cn1ncc(Br)c1C(N)Cc1cc(F)cc(F)c1. The molecule has 2 N–H and O–H groups in total. The second kappa shape index (κ2) is 5.16. The summed E-state index contributed by atoms with van der Waals surface area (Å²) in [5.41, 5.74) is 7.35. The predicted molar refractivity (Wildman–Crippen MR) is 67.9 cm³/mol. The molecule has 96 valence electrons. The van der Waals surface area contributed by atoms with E-state index >= 15 is 0 Å². The van der Waals surface area contributed by atoms with Gasteiger partial charge in [0, 0.05) is 13.1 Å². The molecule has 0 saturated carbocycles. The molecule has 1 aromatic carbocycles. The lowest BCUT2D eigenvalue weighted by atomic mass is 10.0. The Morgan fingerprint density at radius 2 is 1.94 bits per heavy atom. The Morgan fingerprint density at radius 3 is 2.44 bits per heavy atom. The highest BCUT2D eigenvalue weighted by Gasteiger charge is 2.16. The third-order valence-electron chi connectivity index (χ3n) is 2.67. The second-order valence-electron chi connectivity index (χ2n) is 4.09. The van der Waals surface area contributed by atoms with Crippen molar-refractivity contribution >= 4 is 15.9 Å². The van der Waals surface area contributed by atoms with E-state index in [1.807, 2.05) is 0 Å². The molecule has 0 saturated heterocycles. The summed E-state index contributed by atoms with van der Waals surface area (Å²) in [6.07, 6.45) is 1.98. The fourth-order valence-electron chi connectivity index (χ4n) is 1.92. The van der Waals surface area contributed by atoms with Crippen LogP contribution in [0.2, 0.25) is 0 Å². The molecule has 0 amide bonds. The minimum Gasteiger partial charge on any atom is -0.322 e. The minimum atomic E-state index is -0.596. The summed E-state index contributed by atoms with van der Waals surface area (Å²) in [5.74, 6) is -1.19. The van der Waals surface area contributed by atoms with Crippen LogP contribution in [0, 0.1) is 11.6 Å². The summed E-state index contributed by atoms with van der Waals surface area (Å²) in [6, 6.07) is 3.03. The van der Waals surface area contributed by atoms with Gasteiger partial charge in [-0.2, -0.15) is 5.10 Å². The first-order valence-corrected chi connectivity index (χ1v) is 6.14. The van der Waals surface area contributed by atoms with Gasteiger partial charge in [-0.05, 0) is 40.0 Å². The van der Waals surface area contributed by atoms with E-state index in [0.29, 0.717) is 12.0 Å². The Balaban J connectivity index is 2.24. The fourth-order valence-corrected chi connectivity index (χ4v) is 2.56. The van der Waals surface area contributed by atoms with Crippen molar-refractivity contribution in [3.63, 3.8) is 0 Å². The molecule has 0 bridgehead atoms. The van der Waals surface area contributed by atoms with Crippen molar-refractivity contribution < 1.29 is 8.78 Å². The molecular formula is C12H12BrF2N3. The molecule has 18 heavy (non-hydrogen) atoms. The molecule has 2 rings (SSSR count). The molecule has 0 fully saturated rings. The molecule has 0 aliphatic rings. The van der Waals surface area contributed by atoms with Crippen molar-refractivity contribution in [3.05, 3.63) is 51.8 Å². The number of aromatic nitrogens is 2. The quantitative estimate of drug-likeness (QED) is 0.946. The number of nitrogens with two attached hydrogens (primary N) is 1. The number of hydrogen-bond donors (Lipinski definition) is 1. The summed E-state index contributed by atoms with van der Waals surface area (Å²) >= 11 is 3.35. The second-order valence-corrected chi connectivity index (χ2v) is 4.94. The molecular weight excluding hydrogens is 304 g/mol. The molecule has 1 unspecified atom stereocenters. The topological polar surface area (TPSA) is 43.8 Å². The molecule has 1 atom stereocenters. The smallest absolute Gasteiger partial charge is 0.126 e. The number of rotatable bonds is 3. The first kappa shape index (κ1) is 13.2. The van der Waals surface area contributed by atoms with Gasteiger partial charge in [0.05, 0.1) is 22.4 Å². The van der Waals surface area contributed by atoms with Crippen LogP contribution in [0.3, 0.4) is 0 Å². The van der Waals surface area contributed by atoms with E-state index in [1.165, 1.54) is 12.1 Å². The van der Waals surface area contributed by atoms with Crippen LogP contribution in [0.4, 0.5) is 8.78 Å². The maximum Gasteiger partial charge on any atom is 0.126 e. The van der Waals surface area contributed by atoms with Gasteiger partial charge in [0.1, 0.15) is 11.6 Å². The number of aryl methyl sites for hydroxylation is 1. The van der Waals surface area contributed by atoms with Crippen LogP contribution in [0.25, 0.3) is 0 Å². The Bertz CT molecular complexity index is 529. The van der Waals surface area contributed by atoms with E-state index in [0.717, 1.165) is 16.2 Å². The molecule has 1 heterocycles. The normalized spacial score (nSPS) is 12.7. The summed E-state index contributed by atoms with van der Waals surface area (Å²) in [6.45, 7) is 0. The minimum absolute atomic E-state index is 0.340. The zero-order chi connectivity index (χ0) is 13.3. The molecule has 0 spiro atoms. The monoisotopic (exact) mass is 315 g/mol. The zero-order valence-corrected chi connectivity index (χ0v) is 11.3. The summed E-state index contributed by atoms with van der Waals surface area (Å²) < 4.78 is 28.6. The van der Waals surface area contributed by atoms with Crippen molar-refractivity contribution in [2.75, 3.05) is 0 Å². The Hall–Kier alpha value is -1.27. The van der Waals surface area contributed by atoms with Gasteiger partial charge >= 0.3 is 0 Å². The van der Waals surface area contributed by atoms with Crippen molar-refractivity contribution in [3.8, 4) is 0 Å². The standard InChI is InChI=1S/C12H12BrF2N3/c1-18-12(10(13)6-17-18)11(16)4-7-2-8(14)5-9(15)3-7/h2-3,5-6,11H,4,16H2,1H3. The number of hydrogen-bond acceptors (Lipinski definition) is 2. The maximum atomic E-state index is 13.1. The molecule has 1 aromatic heterocycles. The van der Waals surface area contributed by atoms with E-state index in [2.05, 4.69) is 21.0 Å². The Labute approximate surface area is 112 Å². The van der Waals surface area contributed by atoms with Gasteiger partial charge in [0.2, 0.25) is 0 Å². The Kier molecular flexibility index (Phi) is 3.77. The van der Waals surface area contributed by atoms with E-state index < -0.39 is 11.6 Å². The lowest BCUT2D eigenvalue weighted by Gasteiger charge is -2.13. The lowest BCUT2D eigenvalue weighted by molar-refractivity contribution is 0.571. The third-order valence-corrected chi connectivity index (χ3v) is 3.28. The van der Waals surface area contributed by atoms with Crippen LogP contribution in [0.15, 0.2) is 28.9 Å². The lowest BCUT2D eigenvalue weighted by Crippen LogP contribution is -2.17. The van der Waals surface area contributed by atoms with Gasteiger partial charge in [-0.15, -0.1) is 0 Å². The van der Waals surface area contributed by atoms with Crippen LogP contribution in [-0.2, 0) is 13.5 Å². The van der Waals surface area contributed by atoms with E-state index in [1.54, 1.807) is 17.9 Å². The Morgan fingerprint density at radius 1 is 1.33 bits per heavy atom. The average Bonchev–Trinajstić information content (AvgIpc) is 2.56. The molecule has 6 heteroatoms. The van der Waals surface area contributed by atoms with Gasteiger partial charge < -0.3 is 5.73 Å². The van der Waals surface area contributed by atoms with Gasteiger partial charge in [0.25, 0.3) is 0 Å². The summed E-state index contributed by atoms with van der Waals surface area (Å²) in [5, 5.41) is 4.06. The number of nitrogens with zero attached hydrogens (tertiary/aromatic N) is 2. The highest BCUT2D eigenvalue weighted by Crippen LogP contribution is 2.24. The van der Waals surface area contributed by atoms with Crippen molar-refractivity contribution in [1.29, 1.82) is 0 Å². The molecule has 0 radical (unpaired) electrons. The van der Waals surface area contributed by atoms with Crippen LogP contribution >= 0.6 is 15.9 Å². The van der Waals surface area contributed by atoms with Crippen molar-refractivity contribution in [1.82, 2.24) is 9.78 Å². The zero-order valence-electron chi connectivity index (χ0n) is 9.70. The fraction of sp³-hybridized carbons (Fsp3) is 0.250. The summed E-state index contributed by atoms with van der Waals surface area (Å²) in [4.78, 5) is 0. The van der Waals surface area contributed by atoms with Crippen molar-refractivity contribution in [2.24, 2.45) is 12.8 Å². The first-order chi connectivity index (χ1) is 8.47. The van der Waals surface area contributed by atoms with Gasteiger partial charge in [-0.3, -0.25) is 4.68 Å². The molecule has 0 aliphatic heterocycles. The molecule has 0 aliphatic carbocycles. The van der Waals surface area contributed by atoms with E-state index in [9.17, 15) is 8.78 Å². The highest BCUT2D eigenvalue weighted by molar-refractivity contribution is 9.10. The van der Waals surface area contributed by atoms with Crippen LogP contribution in [-0.4, -0.2) is 9.78 Å². The molecule has 3 nitrogen and oxygen atoms in total. The first-order valence-electron chi connectivity index (χ1n) is 5.35.